The van der Waals surface area contributed by atoms with Gasteiger partial charge >= 0.3 is 0 Å². The van der Waals surface area contributed by atoms with Gasteiger partial charge in [-0.05, 0) is 65.1 Å². The lowest BCUT2D eigenvalue weighted by atomic mass is 10.0. The van der Waals surface area contributed by atoms with E-state index in [1.54, 1.807) is 19.2 Å². The maximum absolute atomic E-state index is 12.0. The molecule has 0 aliphatic carbocycles. The first-order valence-electron chi connectivity index (χ1n) is 10.5. The maximum atomic E-state index is 12.0. The molecule has 0 aromatic heterocycles. The molecule has 0 aliphatic rings. The maximum Gasteiger partial charge on any atom is 0.277 e. The number of hydrogen-bond acceptors (Lipinski definition) is 5. The van der Waals surface area contributed by atoms with Gasteiger partial charge < -0.3 is 14.2 Å². The Hall–Kier alpha value is -3.51. The van der Waals surface area contributed by atoms with Crippen LogP contribution in [0.1, 0.15) is 36.5 Å². The molecule has 3 aromatic carbocycles. The van der Waals surface area contributed by atoms with Gasteiger partial charge in [-0.2, -0.15) is 5.10 Å². The quantitative estimate of drug-likeness (QED) is 0.313. The molecule has 0 bridgehead atoms. The number of carbonyl (C=O) groups is 1. The summed E-state index contributed by atoms with van der Waals surface area (Å²) in [6.07, 6.45) is 1.53. The van der Waals surface area contributed by atoms with Gasteiger partial charge in [0.15, 0.2) is 18.1 Å². The van der Waals surface area contributed by atoms with Crippen molar-refractivity contribution in [2.45, 2.75) is 26.4 Å². The SMILES string of the molecule is COc1cc(/C=N/NC(=O)COc2cccc(C(C)C)c2)ccc1OCc1ccc(Cl)cc1. The number of ether oxygens (including phenoxy) is 3. The zero-order chi connectivity index (χ0) is 23.6. The van der Waals surface area contributed by atoms with Gasteiger partial charge in [-0.25, -0.2) is 5.43 Å². The molecule has 1 N–H and O–H groups in total. The minimum absolute atomic E-state index is 0.125. The Bertz CT molecular complexity index is 1100. The average molecular weight is 467 g/mol. The lowest BCUT2D eigenvalue weighted by molar-refractivity contribution is -0.123. The van der Waals surface area contributed by atoms with Crippen molar-refractivity contribution in [3.63, 3.8) is 0 Å². The summed E-state index contributed by atoms with van der Waals surface area (Å²) in [6, 6.07) is 20.5. The summed E-state index contributed by atoms with van der Waals surface area (Å²) in [7, 11) is 1.57. The highest BCUT2D eigenvalue weighted by Gasteiger charge is 2.07. The molecule has 0 aliphatic heterocycles. The van der Waals surface area contributed by atoms with Gasteiger partial charge in [0.05, 0.1) is 13.3 Å². The van der Waals surface area contributed by atoms with Crippen LogP contribution < -0.4 is 19.6 Å². The number of nitrogens with one attached hydrogen (secondary N) is 1. The average Bonchev–Trinajstić information content (AvgIpc) is 2.83. The molecule has 172 valence electrons. The Morgan fingerprint density at radius 2 is 1.82 bits per heavy atom. The van der Waals surface area contributed by atoms with Gasteiger partial charge in [0.25, 0.3) is 5.91 Å². The minimum Gasteiger partial charge on any atom is -0.493 e. The van der Waals surface area contributed by atoms with E-state index in [0.29, 0.717) is 34.8 Å². The Balaban J connectivity index is 1.51. The van der Waals surface area contributed by atoms with Crippen molar-refractivity contribution in [3.8, 4) is 17.2 Å². The largest absolute Gasteiger partial charge is 0.493 e. The van der Waals surface area contributed by atoms with Gasteiger partial charge in [-0.3, -0.25) is 4.79 Å². The Kier molecular flexibility index (Phi) is 8.72. The van der Waals surface area contributed by atoms with Crippen molar-refractivity contribution >= 4 is 23.7 Å². The van der Waals surface area contributed by atoms with Crippen LogP contribution in [0, 0.1) is 0 Å². The lowest BCUT2D eigenvalue weighted by Crippen LogP contribution is -2.24. The first kappa shape index (κ1) is 24.1. The highest BCUT2D eigenvalue weighted by molar-refractivity contribution is 6.30. The van der Waals surface area contributed by atoms with E-state index in [2.05, 4.69) is 24.4 Å². The third kappa shape index (κ3) is 7.54. The smallest absolute Gasteiger partial charge is 0.277 e. The summed E-state index contributed by atoms with van der Waals surface area (Å²) in [4.78, 5) is 12.0. The van der Waals surface area contributed by atoms with Crippen LogP contribution in [0.15, 0.2) is 71.8 Å². The van der Waals surface area contributed by atoms with E-state index in [9.17, 15) is 4.79 Å². The summed E-state index contributed by atoms with van der Waals surface area (Å²) in [5, 5.41) is 4.67. The zero-order valence-corrected chi connectivity index (χ0v) is 19.6. The molecular weight excluding hydrogens is 440 g/mol. The molecule has 0 unspecified atom stereocenters. The standard InChI is InChI=1S/C26H27ClN2O4/c1-18(2)21-5-4-6-23(14-21)32-17-26(30)29-28-15-20-9-12-24(25(13-20)31-3)33-16-19-7-10-22(27)11-8-19/h4-15,18H,16-17H2,1-3H3,(H,29,30)/b28-15+. The zero-order valence-electron chi connectivity index (χ0n) is 18.9. The van der Waals surface area contributed by atoms with Crippen molar-refractivity contribution < 1.29 is 19.0 Å². The molecule has 0 radical (unpaired) electrons. The number of amides is 1. The number of nitrogens with zero attached hydrogens (tertiary/aromatic N) is 1. The second kappa shape index (κ2) is 11.9. The van der Waals surface area contributed by atoms with Crippen molar-refractivity contribution in [1.29, 1.82) is 0 Å². The molecular formula is C26H27ClN2O4. The van der Waals surface area contributed by atoms with Crippen LogP contribution in [0.4, 0.5) is 0 Å². The van der Waals surface area contributed by atoms with Crippen LogP contribution in [0.5, 0.6) is 17.2 Å². The molecule has 7 heteroatoms. The lowest BCUT2D eigenvalue weighted by Gasteiger charge is -2.11. The molecule has 0 spiro atoms. The fourth-order valence-electron chi connectivity index (χ4n) is 2.95. The monoisotopic (exact) mass is 466 g/mol. The fraction of sp³-hybridized carbons (Fsp3) is 0.231. The van der Waals surface area contributed by atoms with Gasteiger partial charge in [-0.15, -0.1) is 0 Å². The van der Waals surface area contributed by atoms with Crippen LogP contribution in [0.3, 0.4) is 0 Å². The van der Waals surface area contributed by atoms with Crippen molar-refractivity contribution in [1.82, 2.24) is 5.43 Å². The van der Waals surface area contributed by atoms with E-state index in [1.807, 2.05) is 54.6 Å². The Morgan fingerprint density at radius 1 is 1.03 bits per heavy atom. The van der Waals surface area contributed by atoms with Crippen LogP contribution in [-0.2, 0) is 11.4 Å². The number of carbonyl (C=O) groups excluding carboxylic acids is 1. The van der Waals surface area contributed by atoms with Gasteiger partial charge in [0.1, 0.15) is 12.4 Å². The van der Waals surface area contributed by atoms with Crippen molar-refractivity contribution in [2.75, 3.05) is 13.7 Å². The number of methoxy groups -OCH3 is 1. The summed E-state index contributed by atoms with van der Waals surface area (Å²) >= 11 is 5.91. The predicted molar refractivity (Wildman–Crippen MR) is 131 cm³/mol. The fourth-order valence-corrected chi connectivity index (χ4v) is 3.07. The molecule has 0 fully saturated rings. The second-order valence-electron chi connectivity index (χ2n) is 7.63. The second-order valence-corrected chi connectivity index (χ2v) is 8.07. The molecule has 0 saturated heterocycles. The number of halogens is 1. The first-order valence-corrected chi connectivity index (χ1v) is 10.9. The number of hydrogen-bond donors (Lipinski definition) is 1. The third-order valence-electron chi connectivity index (χ3n) is 4.79. The van der Waals surface area contributed by atoms with Crippen LogP contribution >= 0.6 is 11.6 Å². The van der Waals surface area contributed by atoms with Crippen LogP contribution in [0.2, 0.25) is 5.02 Å². The number of hydrazone groups is 1. The molecule has 3 rings (SSSR count). The van der Waals surface area contributed by atoms with E-state index < -0.39 is 0 Å². The topological polar surface area (TPSA) is 69.2 Å². The van der Waals surface area contributed by atoms with Gasteiger partial charge in [-0.1, -0.05) is 49.7 Å². The number of benzene rings is 3. The summed E-state index contributed by atoms with van der Waals surface area (Å²) in [5.74, 6) is 1.85. The Morgan fingerprint density at radius 3 is 2.55 bits per heavy atom. The third-order valence-corrected chi connectivity index (χ3v) is 5.04. The summed E-state index contributed by atoms with van der Waals surface area (Å²) in [5.41, 5.74) is 5.36. The van der Waals surface area contributed by atoms with Crippen LogP contribution in [0.25, 0.3) is 0 Å². The molecule has 3 aromatic rings. The van der Waals surface area contributed by atoms with E-state index >= 15 is 0 Å². The van der Waals surface area contributed by atoms with E-state index in [1.165, 1.54) is 6.21 Å². The van der Waals surface area contributed by atoms with Crippen molar-refractivity contribution in [3.05, 3.63) is 88.4 Å². The number of rotatable bonds is 10. The minimum atomic E-state index is -0.351. The highest BCUT2D eigenvalue weighted by Crippen LogP contribution is 2.28. The summed E-state index contributed by atoms with van der Waals surface area (Å²) in [6.45, 7) is 4.47. The van der Waals surface area contributed by atoms with E-state index in [-0.39, 0.29) is 12.5 Å². The highest BCUT2D eigenvalue weighted by atomic mass is 35.5. The summed E-state index contributed by atoms with van der Waals surface area (Å²) < 4.78 is 16.8. The normalized spacial score (nSPS) is 10.9. The predicted octanol–water partition coefficient (Wildman–Crippen LogP) is 5.58. The first-order chi connectivity index (χ1) is 15.9. The van der Waals surface area contributed by atoms with Crippen molar-refractivity contribution in [2.24, 2.45) is 5.10 Å². The van der Waals surface area contributed by atoms with Crippen LogP contribution in [-0.4, -0.2) is 25.8 Å². The van der Waals surface area contributed by atoms with E-state index in [0.717, 1.165) is 16.7 Å². The molecule has 33 heavy (non-hydrogen) atoms. The molecule has 0 heterocycles. The van der Waals surface area contributed by atoms with Gasteiger partial charge in [0, 0.05) is 5.02 Å². The molecule has 1 amide bonds. The molecule has 6 nitrogen and oxygen atoms in total. The molecule has 0 saturated carbocycles. The molecule has 0 atom stereocenters. The van der Waals surface area contributed by atoms with Gasteiger partial charge in [0.2, 0.25) is 0 Å². The van der Waals surface area contributed by atoms with E-state index in [4.69, 9.17) is 25.8 Å². The Labute approximate surface area is 199 Å².